The third kappa shape index (κ3) is 2.30. The van der Waals surface area contributed by atoms with Crippen molar-refractivity contribution in [3.05, 3.63) is 29.3 Å². The molecule has 1 aromatic carbocycles. The molecule has 0 saturated heterocycles. The van der Waals surface area contributed by atoms with Gasteiger partial charge in [-0.05, 0) is 12.1 Å². The van der Waals surface area contributed by atoms with Gasteiger partial charge in [0.25, 0.3) is 0 Å². The second-order valence-electron chi connectivity index (χ2n) is 2.50. The molecule has 0 aliphatic rings. The highest BCUT2D eigenvalue weighted by Gasteiger charge is 2.30. The number of phenols is 1. The number of halogens is 3. The van der Waals surface area contributed by atoms with E-state index < -0.39 is 11.7 Å². The lowest BCUT2D eigenvalue weighted by Gasteiger charge is -2.08. The summed E-state index contributed by atoms with van der Waals surface area (Å²) in [6, 6.07) is 2.84. The second-order valence-corrected chi connectivity index (χ2v) is 2.82. The van der Waals surface area contributed by atoms with Crippen LogP contribution in [0.25, 0.3) is 0 Å². The van der Waals surface area contributed by atoms with Gasteiger partial charge in [-0.15, -0.1) is 0 Å². The molecule has 0 radical (unpaired) electrons. The Morgan fingerprint density at radius 2 is 1.92 bits per heavy atom. The smallest absolute Gasteiger partial charge is 0.416 e. The standard InChI is InChI=1S/C8H7F3OS/c9-8(10,11)6-2-1-5(4-13)7(12)3-6/h1-3,12-13H,4H2. The SMILES string of the molecule is Oc1cc(C(F)(F)F)ccc1CS. The molecule has 0 amide bonds. The average molecular weight is 208 g/mol. The third-order valence-electron chi connectivity index (χ3n) is 1.58. The normalized spacial score (nSPS) is 11.7. The molecule has 72 valence electrons. The van der Waals surface area contributed by atoms with Crippen LogP contribution >= 0.6 is 12.6 Å². The number of phenolic OH excluding ortho intramolecular Hbond substituents is 1. The van der Waals surface area contributed by atoms with Crippen molar-refractivity contribution in [2.45, 2.75) is 11.9 Å². The van der Waals surface area contributed by atoms with Gasteiger partial charge in [-0.3, -0.25) is 0 Å². The Kier molecular flexibility index (Phi) is 2.75. The average Bonchev–Trinajstić information content (AvgIpc) is 2.02. The molecule has 5 heteroatoms. The van der Waals surface area contributed by atoms with Crippen LogP contribution in [0.5, 0.6) is 5.75 Å². The summed E-state index contributed by atoms with van der Waals surface area (Å²) in [7, 11) is 0. The monoisotopic (exact) mass is 208 g/mol. The number of rotatable bonds is 1. The summed E-state index contributed by atoms with van der Waals surface area (Å²) in [4.78, 5) is 0. The maximum absolute atomic E-state index is 12.1. The molecular formula is C8H7F3OS. The van der Waals surface area contributed by atoms with Crippen LogP contribution in [0.15, 0.2) is 18.2 Å². The van der Waals surface area contributed by atoms with Gasteiger partial charge < -0.3 is 5.11 Å². The van der Waals surface area contributed by atoms with Crippen molar-refractivity contribution in [1.29, 1.82) is 0 Å². The fraction of sp³-hybridized carbons (Fsp3) is 0.250. The molecule has 0 spiro atoms. The third-order valence-corrected chi connectivity index (χ3v) is 1.92. The molecule has 1 nitrogen and oxygen atoms in total. The van der Waals surface area contributed by atoms with Gasteiger partial charge in [-0.2, -0.15) is 25.8 Å². The van der Waals surface area contributed by atoms with Gasteiger partial charge in [0.2, 0.25) is 0 Å². The van der Waals surface area contributed by atoms with E-state index in [2.05, 4.69) is 12.6 Å². The van der Waals surface area contributed by atoms with E-state index in [1.54, 1.807) is 0 Å². The molecule has 0 aliphatic heterocycles. The lowest BCUT2D eigenvalue weighted by atomic mass is 10.1. The Balaban J connectivity index is 3.10. The highest BCUT2D eigenvalue weighted by atomic mass is 32.1. The molecule has 0 unspecified atom stereocenters. The predicted octanol–water partition coefficient (Wildman–Crippen LogP) is 2.84. The van der Waals surface area contributed by atoms with Gasteiger partial charge in [0.1, 0.15) is 5.75 Å². The van der Waals surface area contributed by atoms with Gasteiger partial charge >= 0.3 is 6.18 Å². The first-order chi connectivity index (χ1) is 5.95. The zero-order valence-electron chi connectivity index (χ0n) is 6.47. The minimum atomic E-state index is -4.41. The van der Waals surface area contributed by atoms with Crippen LogP contribution in [0.2, 0.25) is 0 Å². The second kappa shape index (κ2) is 3.49. The predicted molar refractivity (Wildman–Crippen MR) is 45.8 cm³/mol. The molecule has 0 bridgehead atoms. The van der Waals surface area contributed by atoms with Crippen molar-refractivity contribution in [2.75, 3.05) is 0 Å². The Labute approximate surface area is 78.6 Å². The lowest BCUT2D eigenvalue weighted by Crippen LogP contribution is -2.04. The van der Waals surface area contributed by atoms with Crippen molar-refractivity contribution in [3.63, 3.8) is 0 Å². The van der Waals surface area contributed by atoms with E-state index in [1.807, 2.05) is 0 Å². The van der Waals surface area contributed by atoms with E-state index in [0.29, 0.717) is 11.6 Å². The van der Waals surface area contributed by atoms with E-state index in [1.165, 1.54) is 6.07 Å². The van der Waals surface area contributed by atoms with Crippen molar-refractivity contribution in [2.24, 2.45) is 0 Å². The Morgan fingerprint density at radius 3 is 2.31 bits per heavy atom. The van der Waals surface area contributed by atoms with Crippen molar-refractivity contribution in [1.82, 2.24) is 0 Å². The molecule has 1 N–H and O–H groups in total. The van der Waals surface area contributed by atoms with Gasteiger partial charge in [0.15, 0.2) is 0 Å². The molecule has 0 aliphatic carbocycles. The quantitative estimate of drug-likeness (QED) is 0.680. The van der Waals surface area contributed by atoms with Crippen molar-refractivity contribution < 1.29 is 18.3 Å². The Hall–Kier alpha value is -0.840. The minimum Gasteiger partial charge on any atom is -0.508 e. The van der Waals surface area contributed by atoms with Crippen LogP contribution in [-0.2, 0) is 11.9 Å². The van der Waals surface area contributed by atoms with Crippen molar-refractivity contribution in [3.8, 4) is 5.75 Å². The lowest BCUT2D eigenvalue weighted by molar-refractivity contribution is -0.137. The molecule has 1 rings (SSSR count). The molecule has 0 saturated carbocycles. The molecule has 13 heavy (non-hydrogen) atoms. The Bertz CT molecular complexity index is 309. The molecule has 0 aromatic heterocycles. The number of hydrogen-bond acceptors (Lipinski definition) is 2. The number of alkyl halides is 3. The van der Waals surface area contributed by atoms with Crippen LogP contribution in [0.1, 0.15) is 11.1 Å². The van der Waals surface area contributed by atoms with Crippen molar-refractivity contribution >= 4 is 12.6 Å². The van der Waals surface area contributed by atoms with Gasteiger partial charge in [-0.1, -0.05) is 6.07 Å². The Morgan fingerprint density at radius 1 is 1.31 bits per heavy atom. The van der Waals surface area contributed by atoms with Gasteiger partial charge in [-0.25, -0.2) is 0 Å². The van der Waals surface area contributed by atoms with Crippen LogP contribution in [-0.4, -0.2) is 5.11 Å². The summed E-state index contributed by atoms with van der Waals surface area (Å²) in [5, 5.41) is 9.11. The first-order valence-corrected chi connectivity index (χ1v) is 4.08. The van der Waals surface area contributed by atoms with Crippen LogP contribution in [0.3, 0.4) is 0 Å². The maximum Gasteiger partial charge on any atom is 0.416 e. The molecule has 0 atom stereocenters. The van der Waals surface area contributed by atoms with Crippen LogP contribution in [0, 0.1) is 0 Å². The fourth-order valence-corrected chi connectivity index (χ4v) is 1.14. The van der Waals surface area contributed by atoms with Crippen LogP contribution < -0.4 is 0 Å². The minimum absolute atomic E-state index is 0.212. The summed E-state index contributed by atoms with van der Waals surface area (Å²) in [5.74, 6) is -0.158. The number of benzene rings is 1. The zero-order valence-corrected chi connectivity index (χ0v) is 7.36. The summed E-state index contributed by atoms with van der Waals surface area (Å²) in [6.45, 7) is 0. The summed E-state index contributed by atoms with van der Waals surface area (Å²) in [5.41, 5.74) is -0.466. The number of aromatic hydroxyl groups is 1. The summed E-state index contributed by atoms with van der Waals surface area (Å²) in [6.07, 6.45) is -4.41. The van der Waals surface area contributed by atoms with Gasteiger partial charge in [0.05, 0.1) is 5.56 Å². The molecule has 0 heterocycles. The largest absolute Gasteiger partial charge is 0.508 e. The topological polar surface area (TPSA) is 20.2 Å². The highest BCUT2D eigenvalue weighted by molar-refractivity contribution is 7.79. The van der Waals surface area contributed by atoms with Crippen LogP contribution in [0.4, 0.5) is 13.2 Å². The van der Waals surface area contributed by atoms with E-state index >= 15 is 0 Å². The number of thiol groups is 1. The zero-order chi connectivity index (χ0) is 10.1. The van der Waals surface area contributed by atoms with E-state index in [0.717, 1.165) is 6.07 Å². The van der Waals surface area contributed by atoms with E-state index in [4.69, 9.17) is 5.11 Å². The van der Waals surface area contributed by atoms with E-state index in [9.17, 15) is 13.2 Å². The van der Waals surface area contributed by atoms with E-state index in [-0.39, 0.29) is 11.5 Å². The maximum atomic E-state index is 12.1. The summed E-state index contributed by atoms with van der Waals surface area (Å²) < 4.78 is 36.2. The number of hydrogen-bond donors (Lipinski definition) is 2. The van der Waals surface area contributed by atoms with Gasteiger partial charge in [0, 0.05) is 11.3 Å². The fourth-order valence-electron chi connectivity index (χ4n) is 0.874. The molecule has 1 aromatic rings. The first-order valence-electron chi connectivity index (χ1n) is 3.45. The summed E-state index contributed by atoms with van der Waals surface area (Å²) >= 11 is 3.85. The molecular weight excluding hydrogens is 201 g/mol. The molecule has 0 fully saturated rings. The highest BCUT2D eigenvalue weighted by Crippen LogP contribution is 2.32. The first kappa shape index (κ1) is 10.2.